The number of hydrogen-bond acceptors (Lipinski definition) is 4. The van der Waals surface area contributed by atoms with E-state index in [-0.39, 0.29) is 12.5 Å². The summed E-state index contributed by atoms with van der Waals surface area (Å²) in [4.78, 5) is 15.2. The van der Waals surface area contributed by atoms with Gasteiger partial charge < -0.3 is 5.32 Å². The third-order valence-corrected chi connectivity index (χ3v) is 7.18. The van der Waals surface area contributed by atoms with Crippen LogP contribution in [0.5, 0.6) is 0 Å². The number of sulfonamides is 1. The number of nitrogens with zero attached hydrogens (tertiary/aromatic N) is 2. The molecular formula is C27H31N3O3S. The number of carbonyl (C=O) groups is 1. The fourth-order valence-electron chi connectivity index (χ4n) is 4.25. The Balaban J connectivity index is 1.38. The van der Waals surface area contributed by atoms with Crippen molar-refractivity contribution in [2.24, 2.45) is 0 Å². The number of rotatable bonds is 9. The zero-order valence-corrected chi connectivity index (χ0v) is 20.3. The second kappa shape index (κ2) is 10.8. The summed E-state index contributed by atoms with van der Waals surface area (Å²) < 4.78 is 26.1. The normalized spacial score (nSPS) is 14.1. The number of likely N-dealkylation sites (tertiary alicyclic amines) is 1. The van der Waals surface area contributed by atoms with E-state index in [1.54, 1.807) is 24.3 Å². The molecule has 34 heavy (non-hydrogen) atoms. The molecule has 3 aromatic rings. The third kappa shape index (κ3) is 6.46. The van der Waals surface area contributed by atoms with Crippen molar-refractivity contribution in [1.29, 1.82) is 0 Å². The van der Waals surface area contributed by atoms with Crippen LogP contribution in [0.4, 0.5) is 5.69 Å². The summed E-state index contributed by atoms with van der Waals surface area (Å²) in [5.74, 6) is -0.189. The van der Waals surface area contributed by atoms with Crippen LogP contribution in [0.15, 0.2) is 78.9 Å². The summed E-state index contributed by atoms with van der Waals surface area (Å²) in [6, 6.07) is 24.4. The van der Waals surface area contributed by atoms with Crippen LogP contribution in [0.1, 0.15) is 39.9 Å². The van der Waals surface area contributed by atoms with Crippen molar-refractivity contribution in [3.63, 3.8) is 0 Å². The van der Waals surface area contributed by atoms with E-state index in [0.29, 0.717) is 17.8 Å². The third-order valence-electron chi connectivity index (χ3n) is 6.04. The summed E-state index contributed by atoms with van der Waals surface area (Å²) in [7, 11) is -3.48. The zero-order valence-electron chi connectivity index (χ0n) is 19.5. The van der Waals surface area contributed by atoms with Crippen molar-refractivity contribution in [2.45, 2.75) is 32.5 Å². The Morgan fingerprint density at radius 3 is 2.21 bits per heavy atom. The number of amides is 1. The van der Waals surface area contributed by atoms with Gasteiger partial charge in [-0.2, -0.15) is 0 Å². The predicted octanol–water partition coefficient (Wildman–Crippen LogP) is 4.18. The fraction of sp³-hybridized carbons (Fsp3) is 0.296. The Morgan fingerprint density at radius 2 is 1.53 bits per heavy atom. The molecule has 0 radical (unpaired) electrons. The Kier molecular flexibility index (Phi) is 7.65. The van der Waals surface area contributed by atoms with E-state index >= 15 is 0 Å². The van der Waals surface area contributed by atoms with E-state index in [2.05, 4.69) is 22.3 Å². The summed E-state index contributed by atoms with van der Waals surface area (Å²) >= 11 is 0. The number of carbonyl (C=O) groups excluding carboxylic acids is 1. The topological polar surface area (TPSA) is 69.7 Å². The minimum Gasteiger partial charge on any atom is -0.348 e. The van der Waals surface area contributed by atoms with Gasteiger partial charge in [-0.3, -0.25) is 14.0 Å². The molecule has 7 heteroatoms. The highest BCUT2D eigenvalue weighted by Crippen LogP contribution is 2.21. The van der Waals surface area contributed by atoms with Gasteiger partial charge in [0.15, 0.2) is 0 Å². The molecule has 1 amide bonds. The second-order valence-corrected chi connectivity index (χ2v) is 10.7. The van der Waals surface area contributed by atoms with Gasteiger partial charge in [0, 0.05) is 18.7 Å². The quantitative estimate of drug-likeness (QED) is 0.502. The van der Waals surface area contributed by atoms with Gasteiger partial charge in [0.2, 0.25) is 10.0 Å². The average Bonchev–Trinajstić information content (AvgIpc) is 3.34. The predicted molar refractivity (Wildman–Crippen MR) is 136 cm³/mol. The van der Waals surface area contributed by atoms with Crippen LogP contribution in [-0.2, 0) is 29.7 Å². The van der Waals surface area contributed by atoms with Crippen LogP contribution < -0.4 is 9.62 Å². The average molecular weight is 478 g/mol. The van der Waals surface area contributed by atoms with E-state index in [0.717, 1.165) is 30.8 Å². The van der Waals surface area contributed by atoms with Gasteiger partial charge in [-0.05, 0) is 66.9 Å². The Bertz CT molecular complexity index is 1210. The molecule has 1 aliphatic heterocycles. The molecule has 3 aromatic carbocycles. The number of anilines is 1. The van der Waals surface area contributed by atoms with E-state index in [1.165, 1.54) is 29.0 Å². The second-order valence-electron chi connectivity index (χ2n) is 8.79. The van der Waals surface area contributed by atoms with E-state index in [4.69, 9.17) is 0 Å². The maximum absolute atomic E-state index is 12.7. The van der Waals surface area contributed by atoms with E-state index in [1.807, 2.05) is 42.5 Å². The molecule has 1 N–H and O–H groups in total. The monoisotopic (exact) mass is 477 g/mol. The lowest BCUT2D eigenvalue weighted by molar-refractivity contribution is 0.0951. The molecule has 178 valence electrons. The highest BCUT2D eigenvalue weighted by atomic mass is 32.2. The van der Waals surface area contributed by atoms with Gasteiger partial charge in [-0.25, -0.2) is 8.42 Å². The van der Waals surface area contributed by atoms with Gasteiger partial charge in [-0.15, -0.1) is 0 Å². The Morgan fingerprint density at radius 1 is 0.882 bits per heavy atom. The number of nitrogens with one attached hydrogen (secondary N) is 1. The SMILES string of the molecule is CS(=O)(=O)N(Cc1ccccc1)c1ccc(C(=O)NCc2cccc(CN3CCCC3)c2)cc1. The highest BCUT2D eigenvalue weighted by molar-refractivity contribution is 7.92. The fourth-order valence-corrected chi connectivity index (χ4v) is 5.14. The van der Waals surface area contributed by atoms with Crippen LogP contribution in [0.2, 0.25) is 0 Å². The maximum atomic E-state index is 12.7. The van der Waals surface area contributed by atoms with E-state index in [9.17, 15) is 13.2 Å². The molecule has 1 saturated heterocycles. The lowest BCUT2D eigenvalue weighted by atomic mass is 10.1. The molecule has 0 aromatic heterocycles. The van der Waals surface area contributed by atoms with Gasteiger partial charge in [-0.1, -0.05) is 54.6 Å². The Labute approximate surface area is 202 Å². The van der Waals surface area contributed by atoms with Gasteiger partial charge in [0.05, 0.1) is 18.5 Å². The van der Waals surface area contributed by atoms with Gasteiger partial charge in [0.1, 0.15) is 0 Å². The number of hydrogen-bond donors (Lipinski definition) is 1. The summed E-state index contributed by atoms with van der Waals surface area (Å²) in [6.45, 7) is 3.93. The first-order valence-electron chi connectivity index (χ1n) is 11.6. The smallest absolute Gasteiger partial charge is 0.251 e. The molecule has 0 spiro atoms. The van der Waals surface area contributed by atoms with Gasteiger partial charge >= 0.3 is 0 Å². The Hall–Kier alpha value is -3.16. The van der Waals surface area contributed by atoms with Crippen molar-refractivity contribution in [1.82, 2.24) is 10.2 Å². The minimum atomic E-state index is -3.48. The minimum absolute atomic E-state index is 0.189. The number of benzene rings is 3. The zero-order chi connectivity index (χ0) is 24.0. The first-order chi connectivity index (χ1) is 16.4. The molecule has 0 saturated carbocycles. The summed E-state index contributed by atoms with van der Waals surface area (Å²) in [5.41, 5.74) is 4.23. The lowest BCUT2D eigenvalue weighted by Gasteiger charge is -2.22. The molecule has 0 unspecified atom stereocenters. The van der Waals surface area contributed by atoms with Crippen LogP contribution in [0.25, 0.3) is 0 Å². The molecule has 4 rings (SSSR count). The van der Waals surface area contributed by atoms with Crippen molar-refractivity contribution >= 4 is 21.6 Å². The molecule has 6 nitrogen and oxygen atoms in total. The molecule has 1 fully saturated rings. The van der Waals surface area contributed by atoms with Crippen molar-refractivity contribution in [2.75, 3.05) is 23.7 Å². The largest absolute Gasteiger partial charge is 0.348 e. The first-order valence-corrected chi connectivity index (χ1v) is 13.4. The lowest BCUT2D eigenvalue weighted by Crippen LogP contribution is -2.29. The van der Waals surface area contributed by atoms with Crippen molar-refractivity contribution < 1.29 is 13.2 Å². The summed E-state index contributed by atoms with van der Waals surface area (Å²) in [5, 5.41) is 2.97. The van der Waals surface area contributed by atoms with Crippen molar-refractivity contribution in [3.8, 4) is 0 Å². The highest BCUT2D eigenvalue weighted by Gasteiger charge is 2.18. The molecule has 1 heterocycles. The van der Waals surface area contributed by atoms with Crippen LogP contribution in [0, 0.1) is 0 Å². The summed E-state index contributed by atoms with van der Waals surface area (Å²) in [6.07, 6.45) is 3.72. The van der Waals surface area contributed by atoms with Crippen LogP contribution in [-0.4, -0.2) is 38.6 Å². The molecular weight excluding hydrogens is 446 g/mol. The van der Waals surface area contributed by atoms with E-state index < -0.39 is 10.0 Å². The van der Waals surface area contributed by atoms with Crippen LogP contribution in [0.3, 0.4) is 0 Å². The standard InChI is InChI=1S/C27H31N3O3S/c1-34(32,33)30(21-22-8-3-2-4-9-22)26-14-12-25(13-15-26)27(31)28-19-23-10-7-11-24(18-23)20-29-16-5-6-17-29/h2-4,7-15,18H,5-6,16-17,19-21H2,1H3,(H,28,31). The van der Waals surface area contributed by atoms with Gasteiger partial charge in [0.25, 0.3) is 5.91 Å². The molecule has 1 aliphatic rings. The molecule has 0 aliphatic carbocycles. The maximum Gasteiger partial charge on any atom is 0.251 e. The molecule has 0 bridgehead atoms. The van der Waals surface area contributed by atoms with Crippen LogP contribution >= 0.6 is 0 Å². The van der Waals surface area contributed by atoms with Crippen molar-refractivity contribution in [3.05, 3.63) is 101 Å². The first kappa shape index (κ1) is 24.0. The molecule has 0 atom stereocenters.